The van der Waals surface area contributed by atoms with E-state index < -0.39 is 0 Å². The van der Waals surface area contributed by atoms with E-state index in [1.165, 1.54) is 0 Å². The van der Waals surface area contributed by atoms with E-state index in [4.69, 9.17) is 20.4 Å². The molecule has 1 fully saturated rings. The van der Waals surface area contributed by atoms with Gasteiger partial charge in [0.05, 0.1) is 13.3 Å². The van der Waals surface area contributed by atoms with E-state index in [9.17, 15) is 4.79 Å². The standard InChI is InChI=1S/C26H29N7O2/c1-16-5-3-4-6-21(16)30-26-31-22-15-28-25(29-18-9-13-20(35-2)14-10-18)32-24(22)33(26)19-11-7-17(8-12-19)23(27)34/h3-6,9-10,13-15,17,19H,7-8,11-12H2,1-2H3,(H2,27,34)(H,30,31)(H,28,29,32). The van der Waals surface area contributed by atoms with Crippen LogP contribution in [-0.4, -0.2) is 32.5 Å². The number of rotatable bonds is 7. The van der Waals surface area contributed by atoms with Crippen molar-refractivity contribution in [1.82, 2.24) is 19.5 Å². The molecule has 0 atom stereocenters. The lowest BCUT2D eigenvalue weighted by Gasteiger charge is -2.29. The van der Waals surface area contributed by atoms with Gasteiger partial charge >= 0.3 is 0 Å². The van der Waals surface area contributed by atoms with Gasteiger partial charge in [0.15, 0.2) is 5.65 Å². The number of hydrogen-bond donors (Lipinski definition) is 3. The molecule has 2 heterocycles. The molecule has 0 aliphatic heterocycles. The lowest BCUT2D eigenvalue weighted by Crippen LogP contribution is -2.28. The number of methoxy groups -OCH3 is 1. The van der Waals surface area contributed by atoms with Crippen LogP contribution in [0.15, 0.2) is 54.7 Å². The number of aromatic nitrogens is 4. The maximum atomic E-state index is 11.7. The van der Waals surface area contributed by atoms with Crippen LogP contribution in [0.1, 0.15) is 37.3 Å². The monoisotopic (exact) mass is 471 g/mol. The molecular weight excluding hydrogens is 442 g/mol. The van der Waals surface area contributed by atoms with Gasteiger partial charge in [-0.25, -0.2) is 9.97 Å². The van der Waals surface area contributed by atoms with E-state index in [-0.39, 0.29) is 17.9 Å². The first-order valence-corrected chi connectivity index (χ1v) is 11.8. The van der Waals surface area contributed by atoms with Crippen LogP contribution in [0.4, 0.5) is 23.3 Å². The molecule has 0 bridgehead atoms. The molecule has 0 radical (unpaired) electrons. The highest BCUT2D eigenvalue weighted by Crippen LogP contribution is 2.37. The number of fused-ring (bicyclic) bond motifs is 1. The number of nitrogens with one attached hydrogen (secondary N) is 2. The first kappa shape index (κ1) is 22.6. The molecule has 0 saturated heterocycles. The fraction of sp³-hybridized carbons (Fsp3) is 0.308. The zero-order chi connectivity index (χ0) is 24.4. The minimum absolute atomic E-state index is 0.0734. The Morgan fingerprint density at radius 3 is 2.46 bits per heavy atom. The van der Waals surface area contributed by atoms with Crippen LogP contribution in [0.25, 0.3) is 11.2 Å². The highest BCUT2D eigenvalue weighted by atomic mass is 16.5. The predicted molar refractivity (Wildman–Crippen MR) is 136 cm³/mol. The maximum Gasteiger partial charge on any atom is 0.229 e. The number of para-hydroxylation sites is 1. The molecule has 35 heavy (non-hydrogen) atoms. The Kier molecular flexibility index (Phi) is 6.22. The van der Waals surface area contributed by atoms with Gasteiger partial charge < -0.3 is 21.1 Å². The van der Waals surface area contributed by atoms with Crippen molar-refractivity contribution in [2.75, 3.05) is 17.7 Å². The van der Waals surface area contributed by atoms with E-state index in [0.29, 0.717) is 17.4 Å². The molecule has 2 aromatic carbocycles. The summed E-state index contributed by atoms with van der Waals surface area (Å²) < 4.78 is 7.39. The number of imidazole rings is 1. The van der Waals surface area contributed by atoms with Crippen molar-refractivity contribution >= 4 is 40.3 Å². The second-order valence-corrected chi connectivity index (χ2v) is 8.91. The lowest BCUT2D eigenvalue weighted by atomic mass is 9.85. The predicted octanol–water partition coefficient (Wildman–Crippen LogP) is 4.85. The first-order chi connectivity index (χ1) is 17.0. The number of nitrogens with two attached hydrogens (primary N) is 1. The average Bonchev–Trinajstić information content (AvgIpc) is 3.23. The minimum Gasteiger partial charge on any atom is -0.497 e. The molecule has 4 aromatic rings. The van der Waals surface area contributed by atoms with Crippen LogP contribution >= 0.6 is 0 Å². The number of benzene rings is 2. The van der Waals surface area contributed by atoms with E-state index in [1.54, 1.807) is 13.3 Å². The van der Waals surface area contributed by atoms with Crippen LogP contribution < -0.4 is 21.1 Å². The Hall–Kier alpha value is -4.14. The van der Waals surface area contributed by atoms with Crippen molar-refractivity contribution in [3.05, 3.63) is 60.3 Å². The van der Waals surface area contributed by atoms with E-state index >= 15 is 0 Å². The molecule has 4 N–H and O–H groups in total. The summed E-state index contributed by atoms with van der Waals surface area (Å²) in [5.74, 6) is 1.69. The third-order valence-electron chi connectivity index (χ3n) is 6.63. The molecule has 1 aliphatic carbocycles. The van der Waals surface area contributed by atoms with Gasteiger partial charge in [0, 0.05) is 23.3 Å². The summed E-state index contributed by atoms with van der Waals surface area (Å²) in [7, 11) is 1.64. The number of hydrogen-bond acceptors (Lipinski definition) is 7. The molecule has 2 aromatic heterocycles. The van der Waals surface area contributed by atoms with Crippen LogP contribution in [-0.2, 0) is 4.79 Å². The molecule has 0 unspecified atom stereocenters. The Bertz CT molecular complexity index is 1340. The molecule has 0 spiro atoms. The minimum atomic E-state index is -0.217. The molecule has 1 aliphatic rings. The first-order valence-electron chi connectivity index (χ1n) is 11.8. The number of aryl methyl sites for hydroxylation is 1. The van der Waals surface area contributed by atoms with Gasteiger partial charge in [0.2, 0.25) is 17.8 Å². The summed E-state index contributed by atoms with van der Waals surface area (Å²) >= 11 is 0. The summed E-state index contributed by atoms with van der Waals surface area (Å²) in [6.45, 7) is 2.06. The fourth-order valence-electron chi connectivity index (χ4n) is 4.64. The zero-order valence-electron chi connectivity index (χ0n) is 19.9. The molecule has 9 nitrogen and oxygen atoms in total. The van der Waals surface area contributed by atoms with Crippen molar-refractivity contribution < 1.29 is 9.53 Å². The zero-order valence-corrected chi connectivity index (χ0v) is 19.9. The van der Waals surface area contributed by atoms with Gasteiger partial charge in [0.1, 0.15) is 11.3 Å². The van der Waals surface area contributed by atoms with Crippen LogP contribution in [0.5, 0.6) is 5.75 Å². The van der Waals surface area contributed by atoms with Crippen LogP contribution in [0, 0.1) is 12.8 Å². The van der Waals surface area contributed by atoms with Crippen LogP contribution in [0.2, 0.25) is 0 Å². The molecule has 9 heteroatoms. The number of primary amides is 1. The summed E-state index contributed by atoms with van der Waals surface area (Å²) in [4.78, 5) is 25.9. The van der Waals surface area contributed by atoms with Gasteiger partial charge in [-0.3, -0.25) is 9.36 Å². The topological polar surface area (TPSA) is 120 Å². The normalized spacial score (nSPS) is 17.8. The molecule has 1 saturated carbocycles. The van der Waals surface area contributed by atoms with Gasteiger partial charge in [-0.15, -0.1) is 0 Å². The maximum absolute atomic E-state index is 11.7. The highest BCUT2D eigenvalue weighted by molar-refractivity contribution is 5.78. The number of anilines is 4. The summed E-state index contributed by atoms with van der Waals surface area (Å²) in [5, 5.41) is 6.77. The Balaban J connectivity index is 1.51. The summed E-state index contributed by atoms with van der Waals surface area (Å²) in [6.07, 6.45) is 4.90. The third kappa shape index (κ3) is 4.75. The van der Waals surface area contributed by atoms with Crippen molar-refractivity contribution in [2.24, 2.45) is 11.7 Å². The van der Waals surface area contributed by atoms with Gasteiger partial charge in [-0.05, 0) is 68.5 Å². The number of amides is 1. The second-order valence-electron chi connectivity index (χ2n) is 8.91. The molecule has 1 amide bonds. The molecule has 180 valence electrons. The number of carbonyl (C=O) groups is 1. The SMILES string of the molecule is COc1ccc(Nc2ncc3nc(Nc4ccccc4C)n(C4CCC(C(N)=O)CC4)c3n2)cc1. The smallest absolute Gasteiger partial charge is 0.229 e. The van der Waals surface area contributed by atoms with Gasteiger partial charge in [0.25, 0.3) is 0 Å². The Morgan fingerprint density at radius 1 is 1.03 bits per heavy atom. The third-order valence-corrected chi connectivity index (χ3v) is 6.63. The van der Waals surface area contributed by atoms with Crippen molar-refractivity contribution in [2.45, 2.75) is 38.6 Å². The van der Waals surface area contributed by atoms with Crippen LogP contribution in [0.3, 0.4) is 0 Å². The Labute approximate surface area is 203 Å². The van der Waals surface area contributed by atoms with E-state index in [0.717, 1.165) is 54.0 Å². The Morgan fingerprint density at radius 2 is 1.77 bits per heavy atom. The number of ether oxygens (including phenoxy) is 1. The largest absolute Gasteiger partial charge is 0.497 e. The van der Waals surface area contributed by atoms with E-state index in [2.05, 4.69) is 33.2 Å². The second kappa shape index (κ2) is 9.61. The van der Waals surface area contributed by atoms with Gasteiger partial charge in [-0.1, -0.05) is 18.2 Å². The van der Waals surface area contributed by atoms with Crippen molar-refractivity contribution in [1.29, 1.82) is 0 Å². The fourth-order valence-corrected chi connectivity index (χ4v) is 4.64. The average molecular weight is 472 g/mol. The lowest BCUT2D eigenvalue weighted by molar-refractivity contribution is -0.122. The van der Waals surface area contributed by atoms with Crippen molar-refractivity contribution in [3.63, 3.8) is 0 Å². The number of carbonyl (C=O) groups excluding carboxylic acids is 1. The van der Waals surface area contributed by atoms with E-state index in [1.807, 2.05) is 42.5 Å². The molecule has 5 rings (SSSR count). The number of nitrogens with zero attached hydrogens (tertiary/aromatic N) is 4. The highest BCUT2D eigenvalue weighted by Gasteiger charge is 2.29. The van der Waals surface area contributed by atoms with Gasteiger partial charge in [-0.2, -0.15) is 4.98 Å². The summed E-state index contributed by atoms with van der Waals surface area (Å²) in [6, 6.07) is 15.8. The summed E-state index contributed by atoms with van der Waals surface area (Å²) in [5.41, 5.74) is 9.99. The van der Waals surface area contributed by atoms with Crippen molar-refractivity contribution in [3.8, 4) is 5.75 Å². The quantitative estimate of drug-likeness (QED) is 0.352. The molecular formula is C26H29N7O2.